The Labute approximate surface area is 288 Å². The molecule has 0 saturated heterocycles. The van der Waals surface area contributed by atoms with E-state index in [-0.39, 0.29) is 18.2 Å². The lowest BCUT2D eigenvalue weighted by Crippen LogP contribution is -2.30. The molecule has 2 heterocycles. The second kappa shape index (κ2) is 17.0. The van der Waals surface area contributed by atoms with Crippen molar-refractivity contribution in [1.29, 1.82) is 0 Å². The van der Waals surface area contributed by atoms with Crippen LogP contribution in [0, 0.1) is 0 Å². The Morgan fingerprint density at radius 3 is 2.46 bits per heavy atom. The number of furan rings is 1. The standard InChI is InChI=1S/C37H39N3O6S2/c1-3-30(35(43)40-36-32(37(44)45-4-2)28-19-10-5-6-11-20-31(28)48-36)47-27-18-12-16-25(22-27)38-34(42)29(23-26-17-13-21-46-26)39-33(41)24-14-8-7-9-15-24/h7-9,12-18,21-23,30H,3-6,10-11,19-20H2,1-2H3,(H,38,42)(H,39,41)(H,40,43)/b29-23-. The van der Waals surface area contributed by atoms with Gasteiger partial charge in [0.2, 0.25) is 5.91 Å². The number of anilines is 2. The van der Waals surface area contributed by atoms with E-state index in [4.69, 9.17) is 9.15 Å². The van der Waals surface area contributed by atoms with Crippen LogP contribution in [0.1, 0.15) is 82.9 Å². The summed E-state index contributed by atoms with van der Waals surface area (Å²) in [6.45, 7) is 3.98. The van der Waals surface area contributed by atoms with E-state index in [1.807, 2.05) is 13.0 Å². The van der Waals surface area contributed by atoms with Crippen LogP contribution in [0.25, 0.3) is 6.08 Å². The smallest absolute Gasteiger partial charge is 0.341 e. The van der Waals surface area contributed by atoms with Gasteiger partial charge in [0.05, 0.1) is 23.7 Å². The molecule has 3 N–H and O–H groups in total. The van der Waals surface area contributed by atoms with E-state index in [0.29, 0.717) is 34.0 Å². The number of benzene rings is 2. The molecule has 5 rings (SSSR count). The van der Waals surface area contributed by atoms with Gasteiger partial charge in [0.25, 0.3) is 11.8 Å². The Bertz CT molecular complexity index is 1760. The number of carbonyl (C=O) groups excluding carboxylic acids is 4. The fourth-order valence-corrected chi connectivity index (χ4v) is 7.70. The second-order valence-electron chi connectivity index (χ2n) is 11.2. The van der Waals surface area contributed by atoms with Gasteiger partial charge in [-0.2, -0.15) is 0 Å². The molecule has 1 atom stereocenters. The van der Waals surface area contributed by atoms with Gasteiger partial charge < -0.3 is 25.1 Å². The van der Waals surface area contributed by atoms with Crippen LogP contribution in [0.2, 0.25) is 0 Å². The van der Waals surface area contributed by atoms with Gasteiger partial charge in [-0.1, -0.05) is 44.0 Å². The van der Waals surface area contributed by atoms with Crippen LogP contribution in [0.3, 0.4) is 0 Å². The van der Waals surface area contributed by atoms with E-state index in [9.17, 15) is 19.2 Å². The SMILES string of the molecule is CCOC(=O)c1c(NC(=O)C(CC)Sc2cccc(NC(=O)/C(=C/c3ccco3)NC(=O)c3ccccc3)c2)sc2c1CCCCCC2. The summed E-state index contributed by atoms with van der Waals surface area (Å²) in [4.78, 5) is 54.9. The van der Waals surface area contributed by atoms with Crippen molar-refractivity contribution in [3.63, 3.8) is 0 Å². The third-order valence-corrected chi connectivity index (χ3v) is 10.3. The predicted octanol–water partition coefficient (Wildman–Crippen LogP) is 8.10. The van der Waals surface area contributed by atoms with E-state index in [1.165, 1.54) is 35.4 Å². The normalized spacial score (nSPS) is 13.8. The van der Waals surface area contributed by atoms with Crippen molar-refractivity contribution < 1.29 is 28.3 Å². The molecule has 2 aromatic heterocycles. The largest absolute Gasteiger partial charge is 0.465 e. The van der Waals surface area contributed by atoms with Crippen molar-refractivity contribution in [3.05, 3.63) is 106 Å². The van der Waals surface area contributed by atoms with Crippen LogP contribution in [-0.4, -0.2) is 35.5 Å². The molecule has 0 fully saturated rings. The Kier molecular flexibility index (Phi) is 12.3. The third-order valence-electron chi connectivity index (χ3n) is 7.78. The van der Waals surface area contributed by atoms with Crippen molar-refractivity contribution in [2.45, 2.75) is 68.9 Å². The van der Waals surface area contributed by atoms with Crippen LogP contribution < -0.4 is 16.0 Å². The van der Waals surface area contributed by atoms with E-state index in [0.717, 1.165) is 53.9 Å². The quantitative estimate of drug-likeness (QED) is 0.0782. The summed E-state index contributed by atoms with van der Waals surface area (Å²) in [6, 6.07) is 19.2. The number of ether oxygens (including phenoxy) is 1. The van der Waals surface area contributed by atoms with Gasteiger partial charge in [-0.3, -0.25) is 14.4 Å². The summed E-state index contributed by atoms with van der Waals surface area (Å²) in [6.07, 6.45) is 9.51. The first-order valence-corrected chi connectivity index (χ1v) is 17.9. The van der Waals surface area contributed by atoms with Crippen LogP contribution in [0.5, 0.6) is 0 Å². The zero-order chi connectivity index (χ0) is 33.9. The molecule has 11 heteroatoms. The average Bonchev–Trinajstić information content (AvgIpc) is 3.71. The number of hydrogen-bond acceptors (Lipinski definition) is 8. The van der Waals surface area contributed by atoms with Crippen LogP contribution in [-0.2, 0) is 27.2 Å². The summed E-state index contributed by atoms with van der Waals surface area (Å²) in [5.41, 5.74) is 2.40. The maximum absolute atomic E-state index is 13.6. The second-order valence-corrected chi connectivity index (χ2v) is 13.6. The molecule has 0 aliphatic heterocycles. The zero-order valence-electron chi connectivity index (χ0n) is 27.0. The van der Waals surface area contributed by atoms with E-state index < -0.39 is 23.0 Å². The molecule has 0 saturated carbocycles. The van der Waals surface area contributed by atoms with E-state index in [2.05, 4.69) is 16.0 Å². The zero-order valence-corrected chi connectivity index (χ0v) is 28.6. The highest BCUT2D eigenvalue weighted by Gasteiger charge is 2.28. The monoisotopic (exact) mass is 685 g/mol. The molecule has 9 nitrogen and oxygen atoms in total. The number of thiophene rings is 1. The summed E-state index contributed by atoms with van der Waals surface area (Å²) in [7, 11) is 0. The summed E-state index contributed by atoms with van der Waals surface area (Å²) in [5.74, 6) is -1.17. The molecule has 1 aliphatic carbocycles. The van der Waals surface area contributed by atoms with Gasteiger partial charge in [-0.15, -0.1) is 23.1 Å². The van der Waals surface area contributed by atoms with Crippen molar-refractivity contribution >= 4 is 63.6 Å². The summed E-state index contributed by atoms with van der Waals surface area (Å²) in [5, 5.41) is 8.70. The molecular weight excluding hydrogens is 647 g/mol. The van der Waals surface area contributed by atoms with Crippen molar-refractivity contribution in [3.8, 4) is 0 Å². The number of rotatable bonds is 12. The fraction of sp³-hybridized carbons (Fsp3) is 0.297. The molecule has 48 heavy (non-hydrogen) atoms. The molecule has 250 valence electrons. The molecule has 1 aliphatic rings. The van der Waals surface area contributed by atoms with Crippen LogP contribution in [0.15, 0.2) is 88.0 Å². The van der Waals surface area contributed by atoms with Gasteiger partial charge in [0.1, 0.15) is 16.5 Å². The molecule has 3 amide bonds. The van der Waals surface area contributed by atoms with Gasteiger partial charge >= 0.3 is 5.97 Å². The van der Waals surface area contributed by atoms with Gasteiger partial charge in [0, 0.05) is 27.1 Å². The maximum Gasteiger partial charge on any atom is 0.341 e. The molecule has 1 unspecified atom stereocenters. The summed E-state index contributed by atoms with van der Waals surface area (Å²) < 4.78 is 10.8. The van der Waals surface area contributed by atoms with Gasteiger partial charge in [0.15, 0.2) is 0 Å². The molecule has 0 bridgehead atoms. The Hall–Kier alpha value is -4.61. The highest BCUT2D eigenvalue weighted by molar-refractivity contribution is 8.00. The lowest BCUT2D eigenvalue weighted by Gasteiger charge is -2.16. The molecule has 0 spiro atoms. The first kappa shape index (κ1) is 34.7. The Balaban J connectivity index is 1.30. The molecule has 2 aromatic carbocycles. The first-order chi connectivity index (χ1) is 23.4. The van der Waals surface area contributed by atoms with Crippen LogP contribution >= 0.6 is 23.1 Å². The number of fused-ring (bicyclic) bond motifs is 1. The summed E-state index contributed by atoms with van der Waals surface area (Å²) >= 11 is 2.85. The topological polar surface area (TPSA) is 127 Å². The van der Waals surface area contributed by atoms with Gasteiger partial charge in [-0.25, -0.2) is 4.79 Å². The number of carbonyl (C=O) groups is 4. The number of aryl methyl sites for hydroxylation is 1. The van der Waals surface area contributed by atoms with Crippen molar-refractivity contribution in [2.75, 3.05) is 17.2 Å². The Morgan fingerprint density at radius 1 is 0.938 bits per heavy atom. The number of thioether (sulfide) groups is 1. The minimum Gasteiger partial charge on any atom is -0.465 e. The predicted molar refractivity (Wildman–Crippen MR) is 190 cm³/mol. The van der Waals surface area contributed by atoms with Gasteiger partial charge in [-0.05, 0) is 87.1 Å². The molecule has 4 aromatic rings. The lowest BCUT2D eigenvalue weighted by atomic mass is 9.96. The van der Waals surface area contributed by atoms with E-state index in [1.54, 1.807) is 67.6 Å². The minimum atomic E-state index is -0.539. The number of hydrogen-bond donors (Lipinski definition) is 3. The Morgan fingerprint density at radius 2 is 1.73 bits per heavy atom. The lowest BCUT2D eigenvalue weighted by molar-refractivity contribution is -0.116. The minimum absolute atomic E-state index is 0.00475. The third kappa shape index (κ3) is 9.05. The van der Waals surface area contributed by atoms with Crippen LogP contribution in [0.4, 0.5) is 10.7 Å². The number of nitrogens with one attached hydrogen (secondary N) is 3. The molecular formula is C37H39N3O6S2. The fourth-order valence-electron chi connectivity index (χ4n) is 5.41. The maximum atomic E-state index is 13.6. The average molecular weight is 686 g/mol. The van der Waals surface area contributed by atoms with Crippen molar-refractivity contribution in [2.24, 2.45) is 0 Å². The van der Waals surface area contributed by atoms with E-state index >= 15 is 0 Å². The molecule has 0 radical (unpaired) electrons. The number of esters is 1. The number of amides is 3. The highest BCUT2D eigenvalue weighted by atomic mass is 32.2. The first-order valence-electron chi connectivity index (χ1n) is 16.2. The van der Waals surface area contributed by atoms with Crippen molar-refractivity contribution in [1.82, 2.24) is 5.32 Å². The highest BCUT2D eigenvalue weighted by Crippen LogP contribution is 2.38.